The van der Waals surface area contributed by atoms with E-state index in [2.05, 4.69) is 4.98 Å². The molecule has 6 nitrogen and oxygen atoms in total. The third-order valence-electron chi connectivity index (χ3n) is 2.65. The summed E-state index contributed by atoms with van der Waals surface area (Å²) in [7, 11) is 0. The Labute approximate surface area is 114 Å². The van der Waals surface area contributed by atoms with Crippen LogP contribution in [-0.2, 0) is 0 Å². The van der Waals surface area contributed by atoms with E-state index in [1.54, 1.807) is 25.1 Å². The summed E-state index contributed by atoms with van der Waals surface area (Å²) in [6, 6.07) is 7.60. The van der Waals surface area contributed by atoms with E-state index in [-0.39, 0.29) is 11.3 Å². The number of aryl methyl sites for hydroxylation is 1. The van der Waals surface area contributed by atoms with Gasteiger partial charge < -0.3 is 15.6 Å². The molecule has 1 amide bonds. The van der Waals surface area contributed by atoms with Crippen LogP contribution in [-0.4, -0.2) is 22.0 Å². The van der Waals surface area contributed by atoms with Crippen molar-refractivity contribution in [3.8, 4) is 11.5 Å². The Morgan fingerprint density at radius 1 is 1.20 bits per heavy atom. The van der Waals surface area contributed by atoms with Gasteiger partial charge in [0.15, 0.2) is 0 Å². The summed E-state index contributed by atoms with van der Waals surface area (Å²) in [5.41, 5.74) is 6.02. The molecule has 1 aromatic heterocycles. The lowest BCUT2D eigenvalue weighted by Gasteiger charge is -2.08. The molecule has 0 unspecified atom stereocenters. The number of ether oxygens (including phenoxy) is 1. The first-order chi connectivity index (χ1) is 9.47. The van der Waals surface area contributed by atoms with Crippen LogP contribution in [0.3, 0.4) is 0 Å². The maximum atomic E-state index is 11.0. The lowest BCUT2D eigenvalue weighted by atomic mass is 10.1. The Morgan fingerprint density at radius 2 is 1.90 bits per heavy atom. The van der Waals surface area contributed by atoms with Crippen LogP contribution in [0.5, 0.6) is 11.5 Å². The zero-order chi connectivity index (χ0) is 14.7. The van der Waals surface area contributed by atoms with E-state index in [4.69, 9.17) is 15.6 Å². The summed E-state index contributed by atoms with van der Waals surface area (Å²) in [4.78, 5) is 25.7. The van der Waals surface area contributed by atoms with E-state index in [1.165, 1.54) is 18.3 Å². The molecule has 20 heavy (non-hydrogen) atoms. The minimum atomic E-state index is -0.992. The number of nitrogens with two attached hydrogens (primary N) is 1. The maximum absolute atomic E-state index is 11.0. The van der Waals surface area contributed by atoms with Crippen LogP contribution in [0.2, 0.25) is 0 Å². The minimum Gasteiger partial charge on any atom is -0.478 e. The van der Waals surface area contributed by atoms with Gasteiger partial charge in [-0.25, -0.2) is 4.79 Å². The minimum absolute atomic E-state index is 0.0985. The largest absolute Gasteiger partial charge is 0.478 e. The Morgan fingerprint density at radius 3 is 2.50 bits per heavy atom. The van der Waals surface area contributed by atoms with Crippen molar-refractivity contribution < 1.29 is 19.4 Å². The number of carboxylic acid groups (broad SMARTS) is 1. The van der Waals surface area contributed by atoms with Crippen LogP contribution in [0.25, 0.3) is 0 Å². The number of carboxylic acids is 1. The number of carbonyl (C=O) groups excluding carboxylic acids is 1. The number of rotatable bonds is 4. The monoisotopic (exact) mass is 272 g/mol. The summed E-state index contributed by atoms with van der Waals surface area (Å²) >= 11 is 0. The molecule has 0 spiro atoms. The lowest BCUT2D eigenvalue weighted by molar-refractivity contribution is 0.0696. The Kier molecular flexibility index (Phi) is 3.65. The van der Waals surface area contributed by atoms with Gasteiger partial charge >= 0.3 is 5.97 Å². The molecule has 0 radical (unpaired) electrons. The average Bonchev–Trinajstić information content (AvgIpc) is 2.38. The van der Waals surface area contributed by atoms with Gasteiger partial charge in [-0.05, 0) is 36.8 Å². The number of aromatic nitrogens is 1. The van der Waals surface area contributed by atoms with Crippen LogP contribution >= 0.6 is 0 Å². The first-order valence-corrected chi connectivity index (χ1v) is 5.75. The zero-order valence-electron chi connectivity index (χ0n) is 10.7. The fourth-order valence-corrected chi connectivity index (χ4v) is 1.69. The molecule has 0 atom stereocenters. The second kappa shape index (κ2) is 5.40. The number of hydrogen-bond donors (Lipinski definition) is 2. The Bertz CT molecular complexity index is 683. The van der Waals surface area contributed by atoms with Gasteiger partial charge in [0.1, 0.15) is 17.2 Å². The number of amides is 1. The van der Waals surface area contributed by atoms with E-state index >= 15 is 0 Å². The Balaban J connectivity index is 2.26. The third-order valence-corrected chi connectivity index (χ3v) is 2.65. The van der Waals surface area contributed by atoms with Crippen LogP contribution in [0.4, 0.5) is 0 Å². The van der Waals surface area contributed by atoms with Gasteiger partial charge in [-0.15, -0.1) is 0 Å². The summed E-state index contributed by atoms with van der Waals surface area (Å²) < 4.78 is 5.54. The van der Waals surface area contributed by atoms with Crippen molar-refractivity contribution in [2.24, 2.45) is 5.73 Å². The lowest BCUT2D eigenvalue weighted by Crippen LogP contribution is -2.12. The standard InChI is InChI=1S/C14H12N2O4/c1-8-6-9(2-3-11(8)14(18)19)20-10-4-5-16-12(7-10)13(15)17/h2-7H,1H3,(H2,15,17)(H,18,19). The van der Waals surface area contributed by atoms with E-state index in [1.807, 2.05) is 0 Å². The quantitative estimate of drug-likeness (QED) is 0.885. The van der Waals surface area contributed by atoms with Crippen LogP contribution in [0, 0.1) is 6.92 Å². The molecule has 1 aromatic carbocycles. The van der Waals surface area contributed by atoms with Gasteiger partial charge in [0, 0.05) is 12.3 Å². The van der Waals surface area contributed by atoms with Crippen LogP contribution < -0.4 is 10.5 Å². The summed E-state index contributed by atoms with van der Waals surface area (Å²) in [6.45, 7) is 1.68. The van der Waals surface area contributed by atoms with Crippen molar-refractivity contribution >= 4 is 11.9 Å². The van der Waals surface area contributed by atoms with Gasteiger partial charge in [-0.1, -0.05) is 0 Å². The summed E-state index contributed by atoms with van der Waals surface area (Å²) in [5, 5.41) is 8.94. The van der Waals surface area contributed by atoms with Crippen molar-refractivity contribution in [2.45, 2.75) is 6.92 Å². The molecule has 0 aliphatic rings. The molecular formula is C14H12N2O4. The first-order valence-electron chi connectivity index (χ1n) is 5.75. The highest BCUT2D eigenvalue weighted by atomic mass is 16.5. The molecule has 0 bridgehead atoms. The molecule has 1 heterocycles. The molecule has 0 saturated heterocycles. The number of primary amides is 1. The van der Waals surface area contributed by atoms with E-state index < -0.39 is 11.9 Å². The summed E-state index contributed by atoms with van der Waals surface area (Å²) in [5.74, 6) is -0.771. The molecule has 2 rings (SSSR count). The van der Waals surface area contributed by atoms with E-state index in [0.29, 0.717) is 17.1 Å². The molecular weight excluding hydrogens is 260 g/mol. The number of nitrogens with zero attached hydrogens (tertiary/aromatic N) is 1. The first kappa shape index (κ1) is 13.5. The van der Waals surface area contributed by atoms with Crippen LogP contribution in [0.15, 0.2) is 36.5 Å². The molecule has 0 saturated carbocycles. The predicted molar refractivity (Wildman–Crippen MR) is 71.0 cm³/mol. The highest BCUT2D eigenvalue weighted by Gasteiger charge is 2.09. The molecule has 0 aliphatic heterocycles. The molecule has 2 aromatic rings. The topological polar surface area (TPSA) is 103 Å². The number of benzene rings is 1. The van der Waals surface area contributed by atoms with Crippen LogP contribution in [0.1, 0.15) is 26.4 Å². The van der Waals surface area contributed by atoms with Crippen molar-refractivity contribution in [3.63, 3.8) is 0 Å². The molecule has 0 fully saturated rings. The van der Waals surface area contributed by atoms with E-state index in [9.17, 15) is 9.59 Å². The number of carbonyl (C=O) groups is 2. The fourth-order valence-electron chi connectivity index (χ4n) is 1.69. The van der Waals surface area contributed by atoms with Gasteiger partial charge in [0.25, 0.3) is 5.91 Å². The fraction of sp³-hybridized carbons (Fsp3) is 0.0714. The summed E-state index contributed by atoms with van der Waals surface area (Å²) in [6.07, 6.45) is 1.41. The highest BCUT2D eigenvalue weighted by molar-refractivity contribution is 5.91. The van der Waals surface area contributed by atoms with E-state index in [0.717, 1.165) is 0 Å². The second-order valence-corrected chi connectivity index (χ2v) is 4.12. The Hall–Kier alpha value is -2.89. The molecule has 0 aliphatic carbocycles. The number of aromatic carboxylic acids is 1. The normalized spacial score (nSPS) is 10.1. The van der Waals surface area contributed by atoms with Crippen molar-refractivity contribution in [3.05, 3.63) is 53.3 Å². The SMILES string of the molecule is Cc1cc(Oc2ccnc(C(N)=O)c2)ccc1C(=O)O. The average molecular weight is 272 g/mol. The smallest absolute Gasteiger partial charge is 0.335 e. The van der Waals surface area contributed by atoms with Crippen molar-refractivity contribution in [2.75, 3.05) is 0 Å². The third kappa shape index (κ3) is 2.92. The van der Waals surface area contributed by atoms with Gasteiger partial charge in [0.2, 0.25) is 0 Å². The molecule has 3 N–H and O–H groups in total. The van der Waals surface area contributed by atoms with Crippen molar-refractivity contribution in [1.82, 2.24) is 4.98 Å². The zero-order valence-corrected chi connectivity index (χ0v) is 10.7. The van der Waals surface area contributed by atoms with Gasteiger partial charge in [0.05, 0.1) is 5.56 Å². The molecule has 102 valence electrons. The second-order valence-electron chi connectivity index (χ2n) is 4.12. The van der Waals surface area contributed by atoms with Gasteiger partial charge in [-0.2, -0.15) is 0 Å². The van der Waals surface area contributed by atoms with Crippen molar-refractivity contribution in [1.29, 1.82) is 0 Å². The maximum Gasteiger partial charge on any atom is 0.335 e. The van der Waals surface area contributed by atoms with Gasteiger partial charge in [-0.3, -0.25) is 9.78 Å². The number of pyridine rings is 1. The molecule has 6 heteroatoms. The predicted octanol–water partition coefficient (Wildman–Crippen LogP) is 1.98. The number of hydrogen-bond acceptors (Lipinski definition) is 4. The highest BCUT2D eigenvalue weighted by Crippen LogP contribution is 2.24.